The van der Waals surface area contributed by atoms with Gasteiger partial charge in [-0.2, -0.15) is 9.67 Å². The average molecular weight is 527 g/mol. The van der Waals surface area contributed by atoms with Crippen LogP contribution < -0.4 is 15.4 Å². The van der Waals surface area contributed by atoms with E-state index < -0.39 is 0 Å². The van der Waals surface area contributed by atoms with E-state index in [9.17, 15) is 0 Å². The Morgan fingerprint density at radius 3 is 2.43 bits per heavy atom. The maximum Gasteiger partial charge on any atom is 0.247 e. The van der Waals surface area contributed by atoms with E-state index in [-0.39, 0.29) is 0 Å². The van der Waals surface area contributed by atoms with Crippen LogP contribution in [0, 0.1) is 0 Å². The van der Waals surface area contributed by atoms with Gasteiger partial charge in [0.15, 0.2) is 5.01 Å². The van der Waals surface area contributed by atoms with Gasteiger partial charge in [-0.05, 0) is 76.7 Å². The number of nitrogen functional groups attached to an aromatic ring is 1. The highest BCUT2D eigenvalue weighted by atomic mass is 32.1. The lowest BCUT2D eigenvalue weighted by Gasteiger charge is -2.24. The normalized spacial score (nSPS) is 14.0. The highest BCUT2D eigenvalue weighted by Crippen LogP contribution is 2.33. The number of anilines is 2. The number of rotatable bonds is 15. The maximum atomic E-state index is 6.21. The van der Waals surface area contributed by atoms with Crippen LogP contribution >= 0.6 is 11.3 Å². The Hall–Kier alpha value is -2.72. The van der Waals surface area contributed by atoms with Gasteiger partial charge in [-0.1, -0.05) is 50.2 Å². The summed E-state index contributed by atoms with van der Waals surface area (Å²) < 4.78 is 7.81. The summed E-state index contributed by atoms with van der Waals surface area (Å²) >= 11 is 1.44. The predicted molar refractivity (Wildman–Crippen MR) is 152 cm³/mol. The summed E-state index contributed by atoms with van der Waals surface area (Å²) in [6.07, 6.45) is 10.8. The molecule has 0 amide bonds. The van der Waals surface area contributed by atoms with Crippen LogP contribution in [0.25, 0.3) is 15.7 Å². The van der Waals surface area contributed by atoms with Gasteiger partial charge in [-0.3, -0.25) is 0 Å². The van der Waals surface area contributed by atoms with Crippen molar-refractivity contribution in [3.63, 3.8) is 0 Å². The van der Waals surface area contributed by atoms with Crippen molar-refractivity contribution in [2.24, 2.45) is 0 Å². The molecule has 1 aliphatic heterocycles. The molecule has 202 valence electrons. The maximum absolute atomic E-state index is 6.21. The van der Waals surface area contributed by atoms with Crippen molar-refractivity contribution in [2.75, 3.05) is 50.0 Å². The van der Waals surface area contributed by atoms with Crippen LogP contribution in [0.4, 0.5) is 11.9 Å². The molecule has 2 N–H and O–H groups in total. The van der Waals surface area contributed by atoms with E-state index in [2.05, 4.69) is 43.9 Å². The van der Waals surface area contributed by atoms with Gasteiger partial charge in [0.25, 0.3) is 0 Å². The van der Waals surface area contributed by atoms with Crippen LogP contribution in [-0.4, -0.2) is 69.2 Å². The Bertz CT molecular complexity index is 1070. The number of hydrogen-bond acceptors (Lipinski definition) is 9. The number of aromatic nitrogens is 5. The molecule has 3 heterocycles. The van der Waals surface area contributed by atoms with E-state index in [1.54, 1.807) is 4.68 Å². The number of nitrogens with zero attached hydrogens (tertiary/aromatic N) is 7. The van der Waals surface area contributed by atoms with Crippen LogP contribution in [0.3, 0.4) is 0 Å². The fraction of sp³-hybridized carbons (Fsp3) is 0.630. The summed E-state index contributed by atoms with van der Waals surface area (Å²) in [6, 6.07) is 8.03. The summed E-state index contributed by atoms with van der Waals surface area (Å²) in [4.78, 5) is 9.28. The first-order chi connectivity index (χ1) is 18.2. The van der Waals surface area contributed by atoms with Crippen LogP contribution in [-0.2, 0) is 0 Å². The smallest absolute Gasteiger partial charge is 0.247 e. The molecule has 0 saturated carbocycles. The lowest BCUT2D eigenvalue weighted by molar-refractivity contribution is 0.244. The molecule has 2 aromatic heterocycles. The second kappa shape index (κ2) is 14.3. The Kier molecular flexibility index (Phi) is 10.5. The van der Waals surface area contributed by atoms with Crippen molar-refractivity contribution in [2.45, 2.75) is 71.6 Å². The van der Waals surface area contributed by atoms with Crippen LogP contribution in [0.1, 0.15) is 71.6 Å². The third kappa shape index (κ3) is 7.64. The zero-order valence-electron chi connectivity index (χ0n) is 22.4. The van der Waals surface area contributed by atoms with Crippen molar-refractivity contribution < 1.29 is 4.74 Å². The van der Waals surface area contributed by atoms with Crippen molar-refractivity contribution in [1.29, 1.82) is 0 Å². The number of unbranched alkanes of at least 4 members (excludes halogenated alkanes) is 3. The number of benzene rings is 1. The highest BCUT2D eigenvalue weighted by Gasteiger charge is 2.20. The molecule has 0 bridgehead atoms. The average Bonchev–Trinajstić information content (AvgIpc) is 3.57. The third-order valence-electron chi connectivity index (χ3n) is 6.75. The summed E-state index contributed by atoms with van der Waals surface area (Å²) in [5.74, 6) is 1.83. The molecule has 0 aliphatic carbocycles. The van der Waals surface area contributed by atoms with Gasteiger partial charge in [0, 0.05) is 13.1 Å². The fourth-order valence-corrected chi connectivity index (χ4v) is 5.41. The molecule has 0 radical (unpaired) electrons. The first-order valence-electron chi connectivity index (χ1n) is 14.0. The minimum Gasteiger partial charge on any atom is -0.493 e. The van der Waals surface area contributed by atoms with Crippen LogP contribution in [0.5, 0.6) is 5.75 Å². The van der Waals surface area contributed by atoms with Crippen molar-refractivity contribution in [3.05, 3.63) is 24.3 Å². The molecule has 9 nitrogen and oxygen atoms in total. The minimum atomic E-state index is 0.333. The first kappa shape index (κ1) is 27.3. The highest BCUT2D eigenvalue weighted by molar-refractivity contribution is 7.17. The van der Waals surface area contributed by atoms with E-state index in [0.29, 0.717) is 23.6 Å². The van der Waals surface area contributed by atoms with Gasteiger partial charge >= 0.3 is 0 Å². The van der Waals surface area contributed by atoms with E-state index in [0.717, 1.165) is 61.6 Å². The molecule has 3 aromatic rings. The standard InChI is InChI=1S/C27H42N8OS/c1-3-5-16-33(17-6-4-2)18-12-13-21-36-23-15-9-8-14-22(23)24-30-31-27(37-24)35-25(28)29-26(32-35)34-19-10-7-11-20-34/h8-9,14-15H,3-7,10-13,16-21H2,1-2H3,(H2,28,29,32). The van der Waals surface area contributed by atoms with E-state index in [1.807, 2.05) is 24.3 Å². The summed E-state index contributed by atoms with van der Waals surface area (Å²) in [5, 5.41) is 14.8. The molecule has 1 fully saturated rings. The number of piperidine rings is 1. The number of ether oxygens (including phenoxy) is 1. The molecule has 10 heteroatoms. The first-order valence-corrected chi connectivity index (χ1v) is 14.8. The third-order valence-corrected chi connectivity index (χ3v) is 7.69. The number of nitrogens with two attached hydrogens (primary N) is 1. The van der Waals surface area contributed by atoms with Gasteiger partial charge in [0.1, 0.15) is 5.75 Å². The second-order valence-corrected chi connectivity index (χ2v) is 10.7. The predicted octanol–water partition coefficient (Wildman–Crippen LogP) is 5.42. The molecule has 1 saturated heterocycles. The SMILES string of the molecule is CCCCN(CCCC)CCCCOc1ccccc1-c1nnc(-n2nc(N3CCCCC3)nc2N)s1. The molecule has 0 unspecified atom stereocenters. The second-order valence-electron chi connectivity index (χ2n) is 9.72. The van der Waals surface area contributed by atoms with Crippen molar-refractivity contribution >= 4 is 23.2 Å². The Labute approximate surface area is 225 Å². The van der Waals surface area contributed by atoms with Gasteiger partial charge in [0.2, 0.25) is 17.0 Å². The molecule has 1 aliphatic rings. The van der Waals surface area contributed by atoms with E-state index in [1.165, 1.54) is 56.5 Å². The van der Waals surface area contributed by atoms with Crippen LogP contribution in [0.15, 0.2) is 24.3 Å². The molecular formula is C27H42N8OS. The van der Waals surface area contributed by atoms with Crippen LogP contribution in [0.2, 0.25) is 0 Å². The van der Waals surface area contributed by atoms with E-state index in [4.69, 9.17) is 10.5 Å². The van der Waals surface area contributed by atoms with E-state index >= 15 is 0 Å². The molecule has 37 heavy (non-hydrogen) atoms. The summed E-state index contributed by atoms with van der Waals surface area (Å²) in [6.45, 7) is 10.7. The van der Waals surface area contributed by atoms with Crippen molar-refractivity contribution in [3.8, 4) is 21.5 Å². The van der Waals surface area contributed by atoms with Crippen molar-refractivity contribution in [1.82, 2.24) is 29.9 Å². The quantitative estimate of drug-likeness (QED) is 0.262. The molecular weight excluding hydrogens is 484 g/mol. The molecule has 0 atom stereocenters. The Morgan fingerprint density at radius 1 is 0.946 bits per heavy atom. The minimum absolute atomic E-state index is 0.333. The van der Waals surface area contributed by atoms with Gasteiger partial charge in [0.05, 0.1) is 12.2 Å². The Balaban J connectivity index is 1.34. The lowest BCUT2D eigenvalue weighted by Crippen LogP contribution is -2.30. The van der Waals surface area contributed by atoms with Gasteiger partial charge in [-0.15, -0.1) is 15.3 Å². The number of para-hydroxylation sites is 1. The topological polar surface area (TPSA) is 98.2 Å². The summed E-state index contributed by atoms with van der Waals surface area (Å²) in [5.41, 5.74) is 7.14. The zero-order chi connectivity index (χ0) is 25.9. The largest absolute Gasteiger partial charge is 0.493 e. The monoisotopic (exact) mass is 526 g/mol. The molecule has 0 spiro atoms. The van der Waals surface area contributed by atoms with Gasteiger partial charge in [-0.25, -0.2) is 0 Å². The molecule has 1 aromatic carbocycles. The fourth-order valence-electron chi connectivity index (χ4n) is 4.58. The Morgan fingerprint density at radius 2 is 1.68 bits per heavy atom. The summed E-state index contributed by atoms with van der Waals surface area (Å²) in [7, 11) is 0. The number of hydrogen-bond donors (Lipinski definition) is 1. The van der Waals surface area contributed by atoms with Gasteiger partial charge < -0.3 is 20.3 Å². The lowest BCUT2D eigenvalue weighted by atomic mass is 10.1. The molecule has 4 rings (SSSR count). The zero-order valence-corrected chi connectivity index (χ0v) is 23.3.